The Labute approximate surface area is 231 Å². The molecule has 2 aliphatic rings. The molecular weight excluding hydrogens is 546 g/mol. The number of sulfonamides is 1. The number of aliphatic hydroxyl groups excluding tert-OH is 1. The first-order chi connectivity index (χ1) is 18.7. The number of hydrogen-bond acceptors (Lipinski definition) is 9. The van der Waals surface area contributed by atoms with Crippen molar-refractivity contribution in [3.05, 3.63) is 46.6 Å². The summed E-state index contributed by atoms with van der Waals surface area (Å²) in [7, 11) is -3.61. The van der Waals surface area contributed by atoms with Crippen molar-refractivity contribution in [3.63, 3.8) is 0 Å². The maximum Gasteiger partial charge on any atom is 0.256 e. The van der Waals surface area contributed by atoms with E-state index in [-0.39, 0.29) is 29.8 Å². The largest absolute Gasteiger partial charge is 0.395 e. The Bertz CT molecular complexity index is 1460. The molecule has 2 saturated heterocycles. The van der Waals surface area contributed by atoms with E-state index >= 15 is 0 Å². The molecule has 0 spiro atoms. The van der Waals surface area contributed by atoms with Crippen LogP contribution in [0.1, 0.15) is 41.4 Å². The molecule has 0 radical (unpaired) electrons. The zero-order valence-corrected chi connectivity index (χ0v) is 23.2. The number of piperidine rings is 1. The first-order valence-electron chi connectivity index (χ1n) is 12.9. The number of halogens is 1. The minimum absolute atomic E-state index is 0.0247. The number of amides is 1. The molecule has 1 aromatic carbocycles. The van der Waals surface area contributed by atoms with Crippen LogP contribution in [0.25, 0.3) is 5.65 Å². The zero-order chi connectivity index (χ0) is 27.6. The molecule has 210 valence electrons. The minimum Gasteiger partial charge on any atom is -0.395 e. The van der Waals surface area contributed by atoms with Crippen LogP contribution >= 0.6 is 11.6 Å². The number of aliphatic hydroxyl groups is 1. The molecule has 1 unspecified atom stereocenters. The van der Waals surface area contributed by atoms with Gasteiger partial charge in [-0.25, -0.2) is 13.4 Å². The van der Waals surface area contributed by atoms with Crippen LogP contribution in [0.5, 0.6) is 0 Å². The van der Waals surface area contributed by atoms with Gasteiger partial charge in [-0.1, -0.05) is 11.6 Å². The molecule has 4 heterocycles. The van der Waals surface area contributed by atoms with E-state index in [4.69, 9.17) is 26.4 Å². The van der Waals surface area contributed by atoms with Crippen LogP contribution in [0.15, 0.2) is 30.3 Å². The number of aromatic nitrogens is 3. The summed E-state index contributed by atoms with van der Waals surface area (Å²) >= 11 is 6.21. The summed E-state index contributed by atoms with van der Waals surface area (Å²) in [6.45, 7) is 3.44. The van der Waals surface area contributed by atoms with E-state index in [0.29, 0.717) is 68.0 Å². The maximum atomic E-state index is 13.9. The number of ether oxygens (including phenoxy) is 1. The van der Waals surface area contributed by atoms with E-state index in [0.717, 1.165) is 24.9 Å². The van der Waals surface area contributed by atoms with Gasteiger partial charge in [0.1, 0.15) is 11.6 Å². The number of rotatable bonds is 8. The van der Waals surface area contributed by atoms with Gasteiger partial charge < -0.3 is 25.0 Å². The summed E-state index contributed by atoms with van der Waals surface area (Å²) in [5.41, 5.74) is 1.69. The monoisotopic (exact) mass is 577 g/mol. The molecule has 3 N–H and O–H groups in total. The van der Waals surface area contributed by atoms with Gasteiger partial charge in [-0.3, -0.25) is 9.52 Å². The number of nitrogens with one attached hydrogen (secondary N) is 2. The first kappa shape index (κ1) is 27.4. The van der Waals surface area contributed by atoms with Crippen LogP contribution in [-0.4, -0.2) is 91.2 Å². The standard InChI is InChI=1S/C25H32ClN7O5S/c1-39(36,37)30-19-6-5-17(26)14-18(19)25(35)32-8-3-2-4-21(32)20-15-23-28-22(27-7-11-34)16-24(33(23)29-20)31-9-12-38-13-10-31/h5-6,14-16,21,30,34H,2-4,7-13H2,1H3,(H,27,28). The van der Waals surface area contributed by atoms with Crippen molar-refractivity contribution < 1.29 is 23.1 Å². The van der Waals surface area contributed by atoms with Crippen molar-refractivity contribution in [1.82, 2.24) is 19.5 Å². The molecule has 3 aromatic rings. The lowest BCUT2D eigenvalue weighted by Crippen LogP contribution is -2.39. The third-order valence-corrected chi connectivity index (χ3v) is 7.62. The topological polar surface area (TPSA) is 141 Å². The van der Waals surface area contributed by atoms with Crippen molar-refractivity contribution in [2.75, 3.05) is 67.2 Å². The molecule has 1 amide bonds. The summed E-state index contributed by atoms with van der Waals surface area (Å²) in [6.07, 6.45) is 3.48. The predicted octanol–water partition coefficient (Wildman–Crippen LogP) is 2.36. The Morgan fingerprint density at radius 1 is 1.18 bits per heavy atom. The molecule has 2 fully saturated rings. The van der Waals surface area contributed by atoms with Gasteiger partial charge in [0.2, 0.25) is 10.0 Å². The van der Waals surface area contributed by atoms with Gasteiger partial charge in [-0.05, 0) is 37.5 Å². The van der Waals surface area contributed by atoms with Gasteiger partial charge in [-0.2, -0.15) is 9.61 Å². The Hall–Kier alpha value is -3.13. The average Bonchev–Trinajstić information content (AvgIpc) is 3.36. The van der Waals surface area contributed by atoms with Gasteiger partial charge in [0, 0.05) is 43.3 Å². The highest BCUT2D eigenvalue weighted by atomic mass is 35.5. The van der Waals surface area contributed by atoms with Crippen LogP contribution in [0.3, 0.4) is 0 Å². The summed E-state index contributed by atoms with van der Waals surface area (Å²) in [5, 5.41) is 17.7. The second kappa shape index (κ2) is 11.5. The lowest BCUT2D eigenvalue weighted by molar-refractivity contribution is 0.0607. The number of carbonyl (C=O) groups is 1. The Morgan fingerprint density at radius 2 is 1.97 bits per heavy atom. The molecule has 5 rings (SSSR count). The minimum atomic E-state index is -3.61. The number of hydrogen-bond donors (Lipinski definition) is 3. The number of likely N-dealkylation sites (tertiary alicyclic amines) is 1. The van der Waals surface area contributed by atoms with Crippen LogP contribution < -0.4 is 14.9 Å². The molecule has 0 saturated carbocycles. The Balaban J connectivity index is 1.53. The van der Waals surface area contributed by atoms with Crippen molar-refractivity contribution in [2.24, 2.45) is 0 Å². The highest BCUT2D eigenvalue weighted by Gasteiger charge is 2.33. The number of anilines is 3. The van der Waals surface area contributed by atoms with Crippen molar-refractivity contribution in [2.45, 2.75) is 25.3 Å². The first-order valence-corrected chi connectivity index (χ1v) is 15.2. The lowest BCUT2D eigenvalue weighted by atomic mass is 9.98. The molecule has 0 bridgehead atoms. The highest BCUT2D eigenvalue weighted by Crippen LogP contribution is 2.35. The Kier molecular flexibility index (Phi) is 8.12. The maximum absolute atomic E-state index is 13.9. The molecule has 2 aromatic heterocycles. The van der Waals surface area contributed by atoms with Crippen molar-refractivity contribution in [1.29, 1.82) is 0 Å². The zero-order valence-electron chi connectivity index (χ0n) is 21.6. The number of nitrogens with zero attached hydrogens (tertiary/aromatic N) is 5. The third kappa shape index (κ3) is 6.21. The summed E-state index contributed by atoms with van der Waals surface area (Å²) in [4.78, 5) is 22.5. The summed E-state index contributed by atoms with van der Waals surface area (Å²) in [6, 6.07) is 8.00. The normalized spacial score (nSPS) is 18.4. The number of fused-ring (bicyclic) bond motifs is 1. The second-order valence-corrected chi connectivity index (χ2v) is 11.8. The quantitative estimate of drug-likeness (QED) is 0.368. The lowest BCUT2D eigenvalue weighted by Gasteiger charge is -2.35. The molecular formula is C25H32ClN7O5S. The van der Waals surface area contributed by atoms with E-state index < -0.39 is 10.0 Å². The fourth-order valence-electron chi connectivity index (χ4n) is 5.05. The Morgan fingerprint density at radius 3 is 2.72 bits per heavy atom. The third-order valence-electron chi connectivity index (χ3n) is 6.79. The second-order valence-electron chi connectivity index (χ2n) is 9.66. The van der Waals surface area contributed by atoms with Gasteiger partial charge in [-0.15, -0.1) is 0 Å². The molecule has 14 heteroatoms. The number of benzene rings is 1. The van der Waals surface area contributed by atoms with Gasteiger partial charge in [0.05, 0.1) is 49.1 Å². The molecule has 12 nitrogen and oxygen atoms in total. The summed E-state index contributed by atoms with van der Waals surface area (Å²) < 4.78 is 33.7. The molecule has 39 heavy (non-hydrogen) atoms. The predicted molar refractivity (Wildman–Crippen MR) is 149 cm³/mol. The highest BCUT2D eigenvalue weighted by molar-refractivity contribution is 7.92. The van der Waals surface area contributed by atoms with E-state index in [1.54, 1.807) is 15.5 Å². The van der Waals surface area contributed by atoms with Crippen molar-refractivity contribution >= 4 is 50.5 Å². The fraction of sp³-hybridized carbons (Fsp3) is 0.480. The van der Waals surface area contributed by atoms with Gasteiger partial charge in [0.15, 0.2) is 5.65 Å². The smallest absolute Gasteiger partial charge is 0.256 e. The molecule has 0 aliphatic carbocycles. The molecule has 2 aliphatic heterocycles. The average molecular weight is 578 g/mol. The van der Waals surface area contributed by atoms with E-state index in [1.807, 2.05) is 12.1 Å². The van der Waals surface area contributed by atoms with Gasteiger partial charge in [0.25, 0.3) is 5.91 Å². The van der Waals surface area contributed by atoms with E-state index in [1.165, 1.54) is 12.1 Å². The van der Waals surface area contributed by atoms with Crippen LogP contribution in [-0.2, 0) is 14.8 Å². The van der Waals surface area contributed by atoms with Gasteiger partial charge >= 0.3 is 0 Å². The van der Waals surface area contributed by atoms with Crippen LogP contribution in [0.2, 0.25) is 5.02 Å². The fourth-order valence-corrected chi connectivity index (χ4v) is 5.80. The SMILES string of the molecule is CS(=O)(=O)Nc1ccc(Cl)cc1C(=O)N1CCCCC1c1cc2nc(NCCO)cc(N3CCOCC3)n2n1. The number of morpholine rings is 1. The van der Waals surface area contributed by atoms with E-state index in [2.05, 4.69) is 14.9 Å². The molecule has 1 atom stereocenters. The van der Waals surface area contributed by atoms with Crippen molar-refractivity contribution in [3.8, 4) is 0 Å². The summed E-state index contributed by atoms with van der Waals surface area (Å²) in [5.74, 6) is 1.15. The number of carbonyl (C=O) groups excluding carboxylic acids is 1. The van der Waals surface area contributed by atoms with E-state index in [9.17, 15) is 18.3 Å². The van der Waals surface area contributed by atoms with Crippen LogP contribution in [0.4, 0.5) is 17.3 Å². The van der Waals surface area contributed by atoms with Crippen LogP contribution in [0, 0.1) is 0 Å².